The third-order valence-corrected chi connectivity index (χ3v) is 4.20. The molecule has 110 valence electrons. The zero-order valence-corrected chi connectivity index (χ0v) is 11.9. The van der Waals surface area contributed by atoms with E-state index in [2.05, 4.69) is 22.9 Å². The van der Waals surface area contributed by atoms with Crippen molar-refractivity contribution in [3.8, 4) is 11.5 Å². The second-order valence-corrected chi connectivity index (χ2v) is 5.53. The predicted molar refractivity (Wildman–Crippen MR) is 76.0 cm³/mol. The Balaban J connectivity index is 1.68. The Morgan fingerprint density at radius 2 is 2.20 bits per heavy atom. The van der Waals surface area contributed by atoms with Crippen molar-refractivity contribution in [2.24, 2.45) is 0 Å². The van der Waals surface area contributed by atoms with Gasteiger partial charge in [0, 0.05) is 44.4 Å². The Kier molecular flexibility index (Phi) is 4.10. The predicted octanol–water partition coefficient (Wildman–Crippen LogP) is 0.914. The molecule has 1 atom stereocenters. The number of likely N-dealkylation sites (N-methyl/N-ethyl adjacent to an activating group) is 1. The molecule has 0 amide bonds. The monoisotopic (exact) mass is 278 g/mol. The lowest BCUT2D eigenvalue weighted by molar-refractivity contribution is 0.0736. The van der Waals surface area contributed by atoms with Crippen molar-refractivity contribution in [2.75, 3.05) is 40.1 Å². The number of rotatable bonds is 4. The van der Waals surface area contributed by atoms with Crippen LogP contribution in [0, 0.1) is 0 Å². The van der Waals surface area contributed by atoms with Crippen molar-refractivity contribution < 1.29 is 14.6 Å². The van der Waals surface area contributed by atoms with Gasteiger partial charge in [-0.2, -0.15) is 0 Å². The number of piperazine rings is 1. The smallest absolute Gasteiger partial charge is 0.231 e. The molecule has 1 unspecified atom stereocenters. The molecule has 3 rings (SSSR count). The fraction of sp³-hybridized carbons (Fsp3) is 0.600. The first-order valence-corrected chi connectivity index (χ1v) is 7.19. The van der Waals surface area contributed by atoms with Crippen LogP contribution in [0.1, 0.15) is 12.0 Å². The lowest BCUT2D eigenvalue weighted by Crippen LogP contribution is -2.51. The van der Waals surface area contributed by atoms with Gasteiger partial charge in [0.15, 0.2) is 11.5 Å². The Bertz CT molecular complexity index is 466. The molecular weight excluding hydrogens is 256 g/mol. The average Bonchev–Trinajstić information content (AvgIpc) is 2.92. The topological polar surface area (TPSA) is 45.2 Å². The fourth-order valence-electron chi connectivity index (χ4n) is 2.97. The van der Waals surface area contributed by atoms with Crippen molar-refractivity contribution in [3.63, 3.8) is 0 Å². The van der Waals surface area contributed by atoms with Gasteiger partial charge in [-0.1, -0.05) is 12.1 Å². The van der Waals surface area contributed by atoms with Gasteiger partial charge in [-0.15, -0.1) is 0 Å². The van der Waals surface area contributed by atoms with Gasteiger partial charge in [0.2, 0.25) is 6.79 Å². The van der Waals surface area contributed by atoms with E-state index < -0.39 is 0 Å². The second kappa shape index (κ2) is 5.99. The molecule has 1 aromatic carbocycles. The highest BCUT2D eigenvalue weighted by molar-refractivity contribution is 5.48. The average molecular weight is 278 g/mol. The maximum absolute atomic E-state index is 9.16. The number of benzene rings is 1. The number of aliphatic hydroxyl groups excluding tert-OH is 1. The molecule has 1 N–H and O–H groups in total. The van der Waals surface area contributed by atoms with Gasteiger partial charge in [-0.25, -0.2) is 0 Å². The Morgan fingerprint density at radius 3 is 3.05 bits per heavy atom. The molecule has 0 saturated carbocycles. The third-order valence-electron chi connectivity index (χ3n) is 4.20. The van der Waals surface area contributed by atoms with Crippen LogP contribution in [-0.4, -0.2) is 61.0 Å². The molecule has 2 aliphatic rings. The molecule has 5 heteroatoms. The summed E-state index contributed by atoms with van der Waals surface area (Å²) in [5, 5.41) is 9.16. The van der Waals surface area contributed by atoms with Crippen LogP contribution in [-0.2, 0) is 6.54 Å². The number of nitrogens with zero attached hydrogens (tertiary/aromatic N) is 2. The van der Waals surface area contributed by atoms with E-state index in [0.717, 1.165) is 44.1 Å². The van der Waals surface area contributed by atoms with E-state index in [1.807, 2.05) is 12.1 Å². The number of hydrogen-bond donors (Lipinski definition) is 1. The van der Waals surface area contributed by atoms with Gasteiger partial charge in [-0.3, -0.25) is 4.90 Å². The highest BCUT2D eigenvalue weighted by atomic mass is 16.7. The SMILES string of the molecule is CN1CCN(Cc2cccc3c2OCO3)CC1CCO. The molecule has 2 heterocycles. The standard InChI is InChI=1S/C15H22N2O3/c1-16-6-7-17(10-13(16)5-8-18)9-12-3-2-4-14-15(12)20-11-19-14/h2-4,13,18H,5-11H2,1H3. The van der Waals surface area contributed by atoms with Gasteiger partial charge in [-0.05, 0) is 19.5 Å². The second-order valence-electron chi connectivity index (χ2n) is 5.53. The molecule has 1 saturated heterocycles. The third kappa shape index (κ3) is 2.75. The number of para-hydroxylation sites is 1. The zero-order chi connectivity index (χ0) is 13.9. The van der Waals surface area contributed by atoms with Crippen LogP contribution in [0.2, 0.25) is 0 Å². The number of fused-ring (bicyclic) bond motifs is 1. The quantitative estimate of drug-likeness (QED) is 0.887. The summed E-state index contributed by atoms with van der Waals surface area (Å²) in [6.07, 6.45) is 0.833. The zero-order valence-electron chi connectivity index (χ0n) is 11.9. The van der Waals surface area contributed by atoms with Crippen molar-refractivity contribution in [3.05, 3.63) is 23.8 Å². The Morgan fingerprint density at radius 1 is 1.30 bits per heavy atom. The summed E-state index contributed by atoms with van der Waals surface area (Å²) >= 11 is 0. The first kappa shape index (κ1) is 13.7. The van der Waals surface area contributed by atoms with Crippen LogP contribution in [0.5, 0.6) is 11.5 Å². The van der Waals surface area contributed by atoms with Gasteiger partial charge in [0.1, 0.15) is 0 Å². The van der Waals surface area contributed by atoms with Crippen molar-refractivity contribution in [1.82, 2.24) is 9.80 Å². The van der Waals surface area contributed by atoms with Crippen LogP contribution in [0.3, 0.4) is 0 Å². The molecule has 2 aliphatic heterocycles. The molecule has 1 aromatic rings. The van der Waals surface area contributed by atoms with Crippen LogP contribution >= 0.6 is 0 Å². The van der Waals surface area contributed by atoms with Crippen LogP contribution < -0.4 is 9.47 Å². The maximum atomic E-state index is 9.16. The van der Waals surface area contributed by atoms with E-state index in [4.69, 9.17) is 14.6 Å². The van der Waals surface area contributed by atoms with Crippen LogP contribution in [0.25, 0.3) is 0 Å². The summed E-state index contributed by atoms with van der Waals surface area (Å²) in [7, 11) is 2.13. The van der Waals surface area contributed by atoms with Crippen molar-refractivity contribution in [2.45, 2.75) is 19.0 Å². The van der Waals surface area contributed by atoms with E-state index in [-0.39, 0.29) is 6.61 Å². The highest BCUT2D eigenvalue weighted by Crippen LogP contribution is 2.36. The minimum absolute atomic E-state index is 0.251. The minimum Gasteiger partial charge on any atom is -0.454 e. The number of ether oxygens (including phenoxy) is 2. The Labute approximate surface area is 119 Å². The van der Waals surface area contributed by atoms with Crippen molar-refractivity contribution >= 4 is 0 Å². The first-order chi connectivity index (χ1) is 9.78. The Hall–Kier alpha value is -1.30. The lowest BCUT2D eigenvalue weighted by Gasteiger charge is -2.39. The van der Waals surface area contributed by atoms with Crippen LogP contribution in [0.4, 0.5) is 0 Å². The number of hydrogen-bond acceptors (Lipinski definition) is 5. The van der Waals surface area contributed by atoms with Gasteiger partial charge < -0.3 is 19.5 Å². The minimum atomic E-state index is 0.251. The molecule has 1 fully saturated rings. The molecule has 0 spiro atoms. The van der Waals surface area contributed by atoms with Crippen molar-refractivity contribution in [1.29, 1.82) is 0 Å². The van der Waals surface area contributed by atoms with E-state index in [1.165, 1.54) is 5.56 Å². The van der Waals surface area contributed by atoms with Gasteiger partial charge in [0.05, 0.1) is 0 Å². The maximum Gasteiger partial charge on any atom is 0.231 e. The van der Waals surface area contributed by atoms with E-state index in [9.17, 15) is 0 Å². The molecule has 0 radical (unpaired) electrons. The molecule has 0 bridgehead atoms. The summed E-state index contributed by atoms with van der Waals surface area (Å²) < 4.78 is 11.0. The summed E-state index contributed by atoms with van der Waals surface area (Å²) in [6, 6.07) is 6.50. The summed E-state index contributed by atoms with van der Waals surface area (Å²) in [4.78, 5) is 4.76. The number of aliphatic hydroxyl groups is 1. The molecule has 0 aliphatic carbocycles. The molecule has 20 heavy (non-hydrogen) atoms. The molecular formula is C15H22N2O3. The highest BCUT2D eigenvalue weighted by Gasteiger charge is 2.25. The first-order valence-electron chi connectivity index (χ1n) is 7.19. The van der Waals surface area contributed by atoms with Crippen LogP contribution in [0.15, 0.2) is 18.2 Å². The fourth-order valence-corrected chi connectivity index (χ4v) is 2.97. The normalized spacial score (nSPS) is 23.2. The lowest BCUT2D eigenvalue weighted by atomic mass is 10.1. The van der Waals surface area contributed by atoms with Gasteiger partial charge in [0.25, 0.3) is 0 Å². The largest absolute Gasteiger partial charge is 0.454 e. The van der Waals surface area contributed by atoms with E-state index in [0.29, 0.717) is 12.8 Å². The van der Waals surface area contributed by atoms with Gasteiger partial charge >= 0.3 is 0 Å². The summed E-state index contributed by atoms with van der Waals surface area (Å²) in [6.45, 7) is 4.52. The summed E-state index contributed by atoms with van der Waals surface area (Å²) in [5.74, 6) is 1.74. The van der Waals surface area contributed by atoms with E-state index in [1.54, 1.807) is 0 Å². The molecule has 0 aromatic heterocycles. The molecule has 5 nitrogen and oxygen atoms in total. The summed E-state index contributed by atoms with van der Waals surface area (Å²) in [5.41, 5.74) is 1.19. The van der Waals surface area contributed by atoms with E-state index >= 15 is 0 Å².